The number of nitrogens with one attached hydrogen (secondary N) is 2. The van der Waals surface area contributed by atoms with Crippen molar-refractivity contribution >= 4 is 15.7 Å². The van der Waals surface area contributed by atoms with Gasteiger partial charge in [-0.1, -0.05) is 0 Å². The van der Waals surface area contributed by atoms with Crippen LogP contribution in [0.1, 0.15) is 25.7 Å². The summed E-state index contributed by atoms with van der Waals surface area (Å²) in [6.45, 7) is 1.15. The summed E-state index contributed by atoms with van der Waals surface area (Å²) in [5, 5.41) is 5.47. The monoisotopic (exact) mass is 246 g/mol. The number of amides is 1. The quantitative estimate of drug-likeness (QED) is 0.699. The second kappa shape index (κ2) is 4.71. The highest BCUT2D eigenvalue weighted by atomic mass is 32.2. The Morgan fingerprint density at radius 1 is 1.31 bits per heavy atom. The van der Waals surface area contributed by atoms with Gasteiger partial charge in [0.2, 0.25) is 5.91 Å². The van der Waals surface area contributed by atoms with Gasteiger partial charge in [-0.05, 0) is 32.2 Å². The van der Waals surface area contributed by atoms with E-state index in [2.05, 4.69) is 10.6 Å². The van der Waals surface area contributed by atoms with Gasteiger partial charge in [-0.2, -0.15) is 0 Å². The Bertz CT molecular complexity index is 360. The van der Waals surface area contributed by atoms with Crippen LogP contribution in [0.25, 0.3) is 0 Å². The first-order chi connectivity index (χ1) is 7.59. The minimum Gasteiger partial charge on any atom is -0.353 e. The molecule has 0 bridgehead atoms. The Balaban J connectivity index is 1.81. The first-order valence-electron chi connectivity index (χ1n) is 5.82. The molecule has 0 aliphatic carbocycles. The van der Waals surface area contributed by atoms with E-state index in [1.807, 2.05) is 0 Å². The van der Waals surface area contributed by atoms with E-state index in [0.717, 1.165) is 25.8 Å². The van der Waals surface area contributed by atoms with Crippen LogP contribution in [0, 0.1) is 0 Å². The fourth-order valence-electron chi connectivity index (χ4n) is 2.33. The summed E-state index contributed by atoms with van der Waals surface area (Å²) < 4.78 is 23.1. The summed E-state index contributed by atoms with van der Waals surface area (Å²) in [6.07, 6.45) is 3.27. The van der Waals surface area contributed by atoms with Crippen LogP contribution in [-0.2, 0) is 14.6 Å². The summed E-state index contributed by atoms with van der Waals surface area (Å²) >= 11 is 0. The largest absolute Gasteiger partial charge is 0.353 e. The molecule has 0 spiro atoms. The second-order valence-corrected chi connectivity index (χ2v) is 6.93. The van der Waals surface area contributed by atoms with Crippen LogP contribution in [-0.4, -0.2) is 44.5 Å². The zero-order valence-electron chi connectivity index (χ0n) is 9.24. The van der Waals surface area contributed by atoms with E-state index in [0.29, 0.717) is 6.42 Å². The molecule has 0 aromatic carbocycles. The third-order valence-electron chi connectivity index (χ3n) is 3.34. The van der Waals surface area contributed by atoms with Crippen LogP contribution in [0.2, 0.25) is 0 Å². The number of rotatable bonds is 3. The fraction of sp³-hybridized carbons (Fsp3) is 0.900. The lowest BCUT2D eigenvalue weighted by molar-refractivity contribution is -0.122. The number of sulfone groups is 1. The maximum absolute atomic E-state index is 11.6. The Labute approximate surface area is 95.9 Å². The molecule has 16 heavy (non-hydrogen) atoms. The molecule has 0 radical (unpaired) electrons. The Hall–Kier alpha value is -0.620. The van der Waals surface area contributed by atoms with Gasteiger partial charge < -0.3 is 10.6 Å². The molecule has 2 unspecified atom stereocenters. The predicted molar refractivity (Wildman–Crippen MR) is 60.8 cm³/mol. The molecule has 0 saturated carbocycles. The zero-order chi connectivity index (χ0) is 11.6. The Kier molecular flexibility index (Phi) is 3.49. The molecule has 2 fully saturated rings. The summed E-state index contributed by atoms with van der Waals surface area (Å²) in [4.78, 5) is 11.6. The Morgan fingerprint density at radius 2 is 2.12 bits per heavy atom. The maximum Gasteiger partial charge on any atom is 0.237 e. The van der Waals surface area contributed by atoms with Crippen molar-refractivity contribution in [3.63, 3.8) is 0 Å². The molecule has 6 heteroatoms. The SMILES string of the molecule is O=C(NCC1CCCS1(=O)=O)C1CCCN1. The minimum atomic E-state index is -2.94. The molecule has 2 atom stereocenters. The normalized spacial score (nSPS) is 32.8. The van der Waals surface area contributed by atoms with Crippen LogP contribution in [0.4, 0.5) is 0 Å². The smallest absolute Gasteiger partial charge is 0.237 e. The second-order valence-electron chi connectivity index (χ2n) is 4.53. The van der Waals surface area contributed by atoms with E-state index in [4.69, 9.17) is 0 Å². The Morgan fingerprint density at radius 3 is 2.69 bits per heavy atom. The standard InChI is InChI=1S/C10H18N2O3S/c13-10(9-4-1-5-11-9)12-7-8-3-2-6-16(8,14)15/h8-9,11H,1-7H2,(H,12,13). The highest BCUT2D eigenvalue weighted by Gasteiger charge is 2.32. The molecule has 1 amide bonds. The van der Waals surface area contributed by atoms with E-state index in [9.17, 15) is 13.2 Å². The van der Waals surface area contributed by atoms with Crippen molar-refractivity contribution in [3.8, 4) is 0 Å². The zero-order valence-corrected chi connectivity index (χ0v) is 10.1. The van der Waals surface area contributed by atoms with Crippen LogP contribution >= 0.6 is 0 Å². The summed E-state index contributed by atoms with van der Waals surface area (Å²) in [5.41, 5.74) is 0. The first kappa shape index (κ1) is 11.9. The molecule has 2 aliphatic rings. The van der Waals surface area contributed by atoms with Crippen molar-refractivity contribution in [1.82, 2.24) is 10.6 Å². The molecule has 0 aromatic heterocycles. The first-order valence-corrected chi connectivity index (χ1v) is 7.54. The fourth-order valence-corrected chi connectivity index (χ4v) is 4.10. The minimum absolute atomic E-state index is 0.0559. The molecular formula is C10H18N2O3S. The van der Waals surface area contributed by atoms with Gasteiger partial charge in [0.25, 0.3) is 0 Å². The average molecular weight is 246 g/mol. The van der Waals surface area contributed by atoms with Crippen LogP contribution in [0.15, 0.2) is 0 Å². The van der Waals surface area contributed by atoms with E-state index in [1.54, 1.807) is 0 Å². The van der Waals surface area contributed by atoms with Gasteiger partial charge in [0.05, 0.1) is 17.0 Å². The third-order valence-corrected chi connectivity index (χ3v) is 5.62. The molecule has 2 saturated heterocycles. The van der Waals surface area contributed by atoms with Crippen LogP contribution in [0.5, 0.6) is 0 Å². The maximum atomic E-state index is 11.6. The van der Waals surface area contributed by atoms with Gasteiger partial charge in [0.1, 0.15) is 0 Å². The third kappa shape index (κ3) is 2.55. The number of carbonyl (C=O) groups is 1. The lowest BCUT2D eigenvalue weighted by Crippen LogP contribution is -2.44. The number of hydrogen-bond acceptors (Lipinski definition) is 4. The van der Waals surface area contributed by atoms with Gasteiger partial charge in [-0.15, -0.1) is 0 Å². The van der Waals surface area contributed by atoms with E-state index < -0.39 is 9.84 Å². The molecule has 2 N–H and O–H groups in total. The van der Waals surface area contributed by atoms with Crippen molar-refractivity contribution in [2.75, 3.05) is 18.8 Å². The number of hydrogen-bond donors (Lipinski definition) is 2. The van der Waals surface area contributed by atoms with Gasteiger partial charge in [0, 0.05) is 6.54 Å². The topological polar surface area (TPSA) is 75.3 Å². The van der Waals surface area contributed by atoms with Crippen molar-refractivity contribution in [2.24, 2.45) is 0 Å². The summed E-state index contributed by atoms with van der Waals surface area (Å²) in [7, 11) is -2.94. The highest BCUT2D eigenvalue weighted by Crippen LogP contribution is 2.19. The highest BCUT2D eigenvalue weighted by molar-refractivity contribution is 7.92. The van der Waals surface area contributed by atoms with Gasteiger partial charge in [-0.25, -0.2) is 8.42 Å². The van der Waals surface area contributed by atoms with Crippen molar-refractivity contribution in [1.29, 1.82) is 0 Å². The van der Waals surface area contributed by atoms with E-state index in [-0.39, 0.29) is 29.5 Å². The molecule has 2 rings (SSSR count). The predicted octanol–water partition coefficient (Wildman–Crippen LogP) is -0.568. The average Bonchev–Trinajstić information content (AvgIpc) is 2.83. The molecular weight excluding hydrogens is 228 g/mol. The van der Waals surface area contributed by atoms with Crippen molar-refractivity contribution in [3.05, 3.63) is 0 Å². The molecule has 5 nitrogen and oxygen atoms in total. The van der Waals surface area contributed by atoms with Gasteiger partial charge in [0.15, 0.2) is 9.84 Å². The van der Waals surface area contributed by atoms with E-state index in [1.165, 1.54) is 0 Å². The molecule has 92 valence electrons. The van der Waals surface area contributed by atoms with Crippen molar-refractivity contribution in [2.45, 2.75) is 37.0 Å². The number of carbonyl (C=O) groups excluding carboxylic acids is 1. The lowest BCUT2D eigenvalue weighted by Gasteiger charge is -2.14. The molecule has 2 heterocycles. The van der Waals surface area contributed by atoms with Crippen molar-refractivity contribution < 1.29 is 13.2 Å². The summed E-state index contributed by atoms with van der Waals surface area (Å²) in [5.74, 6) is 0.217. The van der Waals surface area contributed by atoms with Crippen LogP contribution in [0.3, 0.4) is 0 Å². The summed E-state index contributed by atoms with van der Waals surface area (Å²) in [6, 6.07) is -0.121. The van der Waals surface area contributed by atoms with Crippen LogP contribution < -0.4 is 10.6 Å². The van der Waals surface area contributed by atoms with E-state index >= 15 is 0 Å². The van der Waals surface area contributed by atoms with Gasteiger partial charge >= 0.3 is 0 Å². The molecule has 2 aliphatic heterocycles. The lowest BCUT2D eigenvalue weighted by atomic mass is 10.2. The van der Waals surface area contributed by atoms with Gasteiger partial charge in [-0.3, -0.25) is 4.79 Å². The molecule has 0 aromatic rings.